The average molecular weight is 452 g/mol. The molecule has 2 amide bonds. The third-order valence-electron chi connectivity index (χ3n) is 5.48. The third-order valence-corrected chi connectivity index (χ3v) is 5.48. The first-order chi connectivity index (χ1) is 15.1. The standard InChI is InChI=1S/C24H25N5O2.ClH/c25-13-19-5-1-17(2-6-19)9-11-28-23(30)21-15-27-16-22(21)24(31)29-12-10-18-3-7-20(14-26)8-4-18;/h1-8,21-22,27H,9-12,15-16H2,(H,28,30)(H,29,31);1H/t21-,22-;/m1./s1. The fraction of sp³-hybridized carbons (Fsp3) is 0.333. The maximum Gasteiger partial charge on any atom is 0.225 e. The van der Waals surface area contributed by atoms with Crippen molar-refractivity contribution in [2.24, 2.45) is 11.8 Å². The summed E-state index contributed by atoms with van der Waals surface area (Å²) in [5, 5.41) is 26.7. The SMILES string of the molecule is Cl.N#Cc1ccc(CCNC(=O)[C@@H]2CNC[C@H]2C(=O)NCCc2ccc(C#N)cc2)cc1. The Bertz CT molecular complexity index is 912. The molecule has 0 aromatic heterocycles. The van der Waals surface area contributed by atoms with Gasteiger partial charge >= 0.3 is 0 Å². The van der Waals surface area contributed by atoms with E-state index in [0.29, 0.717) is 50.1 Å². The van der Waals surface area contributed by atoms with Crippen LogP contribution in [0, 0.1) is 34.5 Å². The second-order valence-corrected chi connectivity index (χ2v) is 7.57. The summed E-state index contributed by atoms with van der Waals surface area (Å²) in [6.45, 7) is 1.93. The number of nitrogens with zero attached hydrogens (tertiary/aromatic N) is 2. The lowest BCUT2D eigenvalue weighted by molar-refractivity contribution is -0.132. The molecule has 1 heterocycles. The van der Waals surface area contributed by atoms with Crippen LogP contribution < -0.4 is 16.0 Å². The summed E-state index contributed by atoms with van der Waals surface area (Å²) in [5.41, 5.74) is 3.30. The van der Waals surface area contributed by atoms with Gasteiger partial charge in [0.15, 0.2) is 0 Å². The van der Waals surface area contributed by atoms with Gasteiger partial charge in [-0.2, -0.15) is 10.5 Å². The van der Waals surface area contributed by atoms with Crippen LogP contribution in [0.2, 0.25) is 0 Å². The van der Waals surface area contributed by atoms with Crippen molar-refractivity contribution < 1.29 is 9.59 Å². The second kappa shape index (κ2) is 12.5. The van der Waals surface area contributed by atoms with Gasteiger partial charge < -0.3 is 16.0 Å². The topological polar surface area (TPSA) is 118 Å². The second-order valence-electron chi connectivity index (χ2n) is 7.57. The van der Waals surface area contributed by atoms with Crippen LogP contribution in [0.15, 0.2) is 48.5 Å². The Morgan fingerprint density at radius 3 is 1.50 bits per heavy atom. The lowest BCUT2D eigenvalue weighted by Crippen LogP contribution is -2.42. The van der Waals surface area contributed by atoms with Crippen LogP contribution in [0.3, 0.4) is 0 Å². The maximum absolute atomic E-state index is 12.6. The van der Waals surface area contributed by atoms with E-state index in [9.17, 15) is 9.59 Å². The molecule has 7 nitrogen and oxygen atoms in total. The van der Waals surface area contributed by atoms with Gasteiger partial charge in [0.2, 0.25) is 11.8 Å². The predicted molar refractivity (Wildman–Crippen MR) is 123 cm³/mol. The average Bonchev–Trinajstić information content (AvgIpc) is 3.30. The number of amides is 2. The molecule has 3 N–H and O–H groups in total. The zero-order valence-corrected chi connectivity index (χ0v) is 18.5. The van der Waals surface area contributed by atoms with Gasteiger partial charge in [-0.3, -0.25) is 9.59 Å². The van der Waals surface area contributed by atoms with Crippen LogP contribution in [0.5, 0.6) is 0 Å². The molecule has 0 bridgehead atoms. The van der Waals surface area contributed by atoms with Crippen molar-refractivity contribution in [2.45, 2.75) is 12.8 Å². The Balaban J connectivity index is 0.00000363. The van der Waals surface area contributed by atoms with E-state index in [1.165, 1.54) is 0 Å². The minimum absolute atomic E-state index is 0. The van der Waals surface area contributed by atoms with Crippen molar-refractivity contribution in [3.8, 4) is 12.1 Å². The van der Waals surface area contributed by atoms with Crippen LogP contribution in [0.25, 0.3) is 0 Å². The predicted octanol–water partition coefficient (Wildman–Crippen LogP) is 1.70. The number of hydrogen-bond acceptors (Lipinski definition) is 5. The Labute approximate surface area is 194 Å². The summed E-state index contributed by atoms with van der Waals surface area (Å²) in [4.78, 5) is 25.2. The molecule has 0 aliphatic carbocycles. The van der Waals surface area contributed by atoms with E-state index in [0.717, 1.165) is 11.1 Å². The number of benzene rings is 2. The molecule has 1 fully saturated rings. The molecule has 0 unspecified atom stereocenters. The highest BCUT2D eigenvalue weighted by Crippen LogP contribution is 2.17. The smallest absolute Gasteiger partial charge is 0.225 e. The minimum Gasteiger partial charge on any atom is -0.355 e. The largest absolute Gasteiger partial charge is 0.355 e. The molecular formula is C24H26ClN5O2. The fourth-order valence-corrected chi connectivity index (χ4v) is 3.64. The quantitative estimate of drug-likeness (QED) is 0.564. The first kappa shape index (κ1) is 24.9. The highest BCUT2D eigenvalue weighted by atomic mass is 35.5. The van der Waals surface area contributed by atoms with Gasteiger partial charge in [0, 0.05) is 26.2 Å². The van der Waals surface area contributed by atoms with Gasteiger partial charge in [-0.1, -0.05) is 24.3 Å². The number of hydrogen-bond donors (Lipinski definition) is 3. The molecule has 1 saturated heterocycles. The molecule has 2 atom stereocenters. The summed E-state index contributed by atoms with van der Waals surface area (Å²) in [5.74, 6) is -1.02. The van der Waals surface area contributed by atoms with Crippen molar-refractivity contribution >= 4 is 24.2 Å². The van der Waals surface area contributed by atoms with Crippen molar-refractivity contribution in [1.82, 2.24) is 16.0 Å². The summed E-state index contributed by atoms with van der Waals surface area (Å²) >= 11 is 0. The summed E-state index contributed by atoms with van der Waals surface area (Å²) in [7, 11) is 0. The Morgan fingerprint density at radius 1 is 0.781 bits per heavy atom. The van der Waals surface area contributed by atoms with Crippen LogP contribution in [0.4, 0.5) is 0 Å². The molecule has 3 rings (SSSR count). The minimum atomic E-state index is -0.393. The van der Waals surface area contributed by atoms with Crippen molar-refractivity contribution in [2.75, 3.05) is 26.2 Å². The van der Waals surface area contributed by atoms with E-state index in [4.69, 9.17) is 10.5 Å². The summed E-state index contributed by atoms with van der Waals surface area (Å²) in [6.07, 6.45) is 1.33. The van der Waals surface area contributed by atoms with Gasteiger partial charge in [0.05, 0.1) is 35.1 Å². The highest BCUT2D eigenvalue weighted by Gasteiger charge is 2.37. The van der Waals surface area contributed by atoms with Crippen LogP contribution in [-0.2, 0) is 22.4 Å². The Kier molecular flexibility index (Phi) is 9.69. The number of nitrogens with one attached hydrogen (secondary N) is 3. The van der Waals surface area contributed by atoms with E-state index < -0.39 is 11.8 Å². The first-order valence-corrected chi connectivity index (χ1v) is 10.3. The zero-order valence-electron chi connectivity index (χ0n) is 17.6. The van der Waals surface area contributed by atoms with E-state index in [1.807, 2.05) is 24.3 Å². The summed E-state index contributed by atoms with van der Waals surface area (Å²) < 4.78 is 0. The van der Waals surface area contributed by atoms with E-state index >= 15 is 0 Å². The van der Waals surface area contributed by atoms with Gasteiger partial charge in [-0.15, -0.1) is 12.4 Å². The van der Waals surface area contributed by atoms with Gasteiger partial charge in [0.25, 0.3) is 0 Å². The number of carbonyl (C=O) groups is 2. The van der Waals surface area contributed by atoms with Gasteiger partial charge in [-0.25, -0.2) is 0 Å². The molecular weight excluding hydrogens is 426 g/mol. The molecule has 0 saturated carbocycles. The molecule has 0 radical (unpaired) electrons. The van der Waals surface area contributed by atoms with Gasteiger partial charge in [-0.05, 0) is 48.2 Å². The molecule has 8 heteroatoms. The number of halogens is 1. The van der Waals surface area contributed by atoms with E-state index in [2.05, 4.69) is 28.1 Å². The van der Waals surface area contributed by atoms with Crippen molar-refractivity contribution in [1.29, 1.82) is 10.5 Å². The monoisotopic (exact) mass is 451 g/mol. The van der Waals surface area contributed by atoms with Crippen molar-refractivity contribution in [3.05, 3.63) is 70.8 Å². The molecule has 1 aliphatic rings. The molecule has 2 aromatic rings. The molecule has 0 spiro atoms. The highest BCUT2D eigenvalue weighted by molar-refractivity contribution is 5.88. The fourth-order valence-electron chi connectivity index (χ4n) is 3.64. The number of carbonyl (C=O) groups excluding carboxylic acids is 2. The van der Waals surface area contributed by atoms with E-state index in [-0.39, 0.29) is 24.2 Å². The molecule has 166 valence electrons. The Morgan fingerprint density at radius 2 is 1.16 bits per heavy atom. The van der Waals surface area contributed by atoms with Crippen LogP contribution in [-0.4, -0.2) is 38.0 Å². The van der Waals surface area contributed by atoms with Crippen LogP contribution >= 0.6 is 12.4 Å². The summed E-state index contributed by atoms with van der Waals surface area (Å²) in [6, 6.07) is 18.7. The number of rotatable bonds is 8. The number of nitriles is 2. The lowest BCUT2D eigenvalue weighted by atomic mass is 9.94. The maximum atomic E-state index is 12.6. The van der Waals surface area contributed by atoms with Crippen LogP contribution in [0.1, 0.15) is 22.3 Å². The normalized spacial score (nSPS) is 16.8. The van der Waals surface area contributed by atoms with Gasteiger partial charge in [0.1, 0.15) is 0 Å². The molecule has 2 aromatic carbocycles. The molecule has 1 aliphatic heterocycles. The Hall–Kier alpha value is -3.39. The van der Waals surface area contributed by atoms with Crippen molar-refractivity contribution in [3.63, 3.8) is 0 Å². The first-order valence-electron chi connectivity index (χ1n) is 10.3. The third kappa shape index (κ3) is 6.81. The van der Waals surface area contributed by atoms with E-state index in [1.54, 1.807) is 24.3 Å². The zero-order chi connectivity index (χ0) is 22.1. The lowest BCUT2D eigenvalue weighted by Gasteiger charge is -2.18. The molecule has 32 heavy (non-hydrogen) atoms.